The molecule has 0 saturated carbocycles. The molecule has 0 unspecified atom stereocenters. The summed E-state index contributed by atoms with van der Waals surface area (Å²) in [5, 5.41) is 2.62. The highest BCUT2D eigenvalue weighted by molar-refractivity contribution is 5.93. The number of rotatable bonds is 4. The summed E-state index contributed by atoms with van der Waals surface area (Å²) in [6.07, 6.45) is 4.34. The molecule has 25 heavy (non-hydrogen) atoms. The van der Waals surface area contributed by atoms with E-state index in [0.29, 0.717) is 5.69 Å². The number of nitrogens with one attached hydrogen (secondary N) is 1. The second-order valence-electron chi connectivity index (χ2n) is 6.06. The summed E-state index contributed by atoms with van der Waals surface area (Å²) in [4.78, 5) is 33.8. The van der Waals surface area contributed by atoms with Gasteiger partial charge in [-0.3, -0.25) is 14.6 Å². The van der Waals surface area contributed by atoms with Crippen LogP contribution in [0.3, 0.4) is 0 Å². The standard InChI is InChI=1S/C17H19FN4O3/c1-12-14(25-11-21-12)15(23)22-8-4-17(18,5-9-22)16(24)20-10-13-2-6-19-7-3-13/h2-3,6-7,11H,4-5,8-10H2,1H3,(H,20,24). The maximum Gasteiger partial charge on any atom is 0.291 e. The number of pyridine rings is 1. The number of carbonyl (C=O) groups excluding carboxylic acids is 2. The summed E-state index contributed by atoms with van der Waals surface area (Å²) in [6, 6.07) is 3.51. The van der Waals surface area contributed by atoms with Gasteiger partial charge in [-0.1, -0.05) is 0 Å². The average molecular weight is 346 g/mol. The highest BCUT2D eigenvalue weighted by Gasteiger charge is 2.43. The zero-order valence-electron chi connectivity index (χ0n) is 13.9. The van der Waals surface area contributed by atoms with Crippen molar-refractivity contribution in [2.24, 2.45) is 0 Å². The van der Waals surface area contributed by atoms with E-state index in [4.69, 9.17) is 4.42 Å². The van der Waals surface area contributed by atoms with Crippen LogP contribution in [0.15, 0.2) is 35.3 Å². The molecule has 7 nitrogen and oxygen atoms in total. The molecule has 1 aliphatic rings. The first-order chi connectivity index (χ1) is 12.0. The zero-order valence-corrected chi connectivity index (χ0v) is 13.9. The van der Waals surface area contributed by atoms with Crippen molar-refractivity contribution in [2.45, 2.75) is 32.0 Å². The van der Waals surface area contributed by atoms with Crippen molar-refractivity contribution in [3.8, 4) is 0 Å². The Balaban J connectivity index is 1.55. The van der Waals surface area contributed by atoms with Crippen LogP contribution in [0.5, 0.6) is 0 Å². The number of piperidine rings is 1. The first-order valence-electron chi connectivity index (χ1n) is 8.05. The van der Waals surface area contributed by atoms with Gasteiger partial charge in [-0.15, -0.1) is 0 Å². The van der Waals surface area contributed by atoms with Gasteiger partial charge in [-0.25, -0.2) is 9.37 Å². The third-order valence-electron chi connectivity index (χ3n) is 4.39. The van der Waals surface area contributed by atoms with Crippen LogP contribution in [-0.4, -0.2) is 45.4 Å². The Kier molecular flexibility index (Phi) is 4.78. The van der Waals surface area contributed by atoms with Crippen LogP contribution in [0.25, 0.3) is 0 Å². The number of likely N-dealkylation sites (tertiary alicyclic amines) is 1. The largest absolute Gasteiger partial charge is 0.438 e. The molecule has 0 aromatic carbocycles. The zero-order chi connectivity index (χ0) is 17.9. The fourth-order valence-electron chi connectivity index (χ4n) is 2.78. The second-order valence-corrected chi connectivity index (χ2v) is 6.06. The first-order valence-corrected chi connectivity index (χ1v) is 8.05. The van der Waals surface area contributed by atoms with Crippen LogP contribution in [0.4, 0.5) is 4.39 Å². The predicted molar refractivity (Wildman–Crippen MR) is 86.3 cm³/mol. The summed E-state index contributed by atoms with van der Waals surface area (Å²) in [7, 11) is 0. The van der Waals surface area contributed by atoms with Crippen molar-refractivity contribution >= 4 is 11.8 Å². The number of aryl methyl sites for hydroxylation is 1. The summed E-state index contributed by atoms with van der Waals surface area (Å²) < 4.78 is 20.0. The summed E-state index contributed by atoms with van der Waals surface area (Å²) >= 11 is 0. The third-order valence-corrected chi connectivity index (χ3v) is 4.39. The van der Waals surface area contributed by atoms with Crippen molar-refractivity contribution in [2.75, 3.05) is 13.1 Å². The molecule has 132 valence electrons. The average Bonchev–Trinajstić information content (AvgIpc) is 3.06. The monoisotopic (exact) mass is 346 g/mol. The van der Waals surface area contributed by atoms with Crippen LogP contribution in [0, 0.1) is 6.92 Å². The normalized spacial score (nSPS) is 16.5. The van der Waals surface area contributed by atoms with Crippen molar-refractivity contribution in [3.05, 3.63) is 47.9 Å². The molecule has 3 rings (SSSR count). The molecule has 3 heterocycles. The molecule has 1 N–H and O–H groups in total. The van der Waals surface area contributed by atoms with E-state index in [2.05, 4.69) is 15.3 Å². The maximum atomic E-state index is 14.9. The fourth-order valence-corrected chi connectivity index (χ4v) is 2.78. The van der Waals surface area contributed by atoms with E-state index in [1.165, 1.54) is 11.3 Å². The molecule has 8 heteroatoms. The Labute approximate surface area is 144 Å². The van der Waals surface area contributed by atoms with Gasteiger partial charge in [0.25, 0.3) is 11.8 Å². The molecule has 2 aromatic heterocycles. The Hall–Kier alpha value is -2.77. The van der Waals surface area contributed by atoms with E-state index in [1.54, 1.807) is 31.5 Å². The predicted octanol–water partition coefficient (Wildman–Crippen LogP) is 1.64. The van der Waals surface area contributed by atoms with Crippen LogP contribution in [0.1, 0.15) is 34.7 Å². The highest BCUT2D eigenvalue weighted by Crippen LogP contribution is 2.28. The number of nitrogens with zero attached hydrogens (tertiary/aromatic N) is 3. The molecule has 2 amide bonds. The number of halogens is 1. The fraction of sp³-hybridized carbons (Fsp3) is 0.412. The molecule has 1 fully saturated rings. The number of carbonyl (C=O) groups is 2. The second kappa shape index (κ2) is 7.00. The van der Waals surface area contributed by atoms with Gasteiger partial charge in [0.2, 0.25) is 5.76 Å². The molecule has 0 aliphatic carbocycles. The minimum atomic E-state index is -1.97. The van der Waals surface area contributed by atoms with E-state index >= 15 is 0 Å². The minimum absolute atomic E-state index is 0.0475. The number of alkyl halides is 1. The van der Waals surface area contributed by atoms with Crippen LogP contribution < -0.4 is 5.32 Å². The third kappa shape index (κ3) is 3.67. The highest BCUT2D eigenvalue weighted by atomic mass is 19.1. The van der Waals surface area contributed by atoms with E-state index < -0.39 is 11.6 Å². The van der Waals surface area contributed by atoms with Crippen LogP contribution in [-0.2, 0) is 11.3 Å². The molecule has 0 spiro atoms. The molecule has 1 aliphatic heterocycles. The molecule has 2 aromatic rings. The Bertz CT molecular complexity index is 754. The number of aromatic nitrogens is 2. The van der Waals surface area contributed by atoms with Gasteiger partial charge in [-0.2, -0.15) is 0 Å². The molecule has 1 saturated heterocycles. The van der Waals surface area contributed by atoms with Crippen molar-refractivity contribution in [1.29, 1.82) is 0 Å². The van der Waals surface area contributed by atoms with Gasteiger partial charge < -0.3 is 14.6 Å². The number of oxazole rings is 1. The molecular weight excluding hydrogens is 327 g/mol. The topological polar surface area (TPSA) is 88.3 Å². The molecule has 0 radical (unpaired) electrons. The van der Waals surface area contributed by atoms with Gasteiger partial charge in [0, 0.05) is 44.9 Å². The van der Waals surface area contributed by atoms with Crippen molar-refractivity contribution in [3.63, 3.8) is 0 Å². The van der Waals surface area contributed by atoms with Crippen LogP contribution in [0.2, 0.25) is 0 Å². The maximum absolute atomic E-state index is 14.9. The lowest BCUT2D eigenvalue weighted by Gasteiger charge is -2.35. The molecule has 0 bridgehead atoms. The number of hydrogen-bond donors (Lipinski definition) is 1. The van der Waals surface area contributed by atoms with Crippen molar-refractivity contribution in [1.82, 2.24) is 20.2 Å². The minimum Gasteiger partial charge on any atom is -0.438 e. The van der Waals surface area contributed by atoms with Gasteiger partial charge in [0.15, 0.2) is 12.1 Å². The Morgan fingerprint density at radius 3 is 2.60 bits per heavy atom. The summed E-state index contributed by atoms with van der Waals surface area (Å²) in [5.41, 5.74) is -0.627. The smallest absolute Gasteiger partial charge is 0.291 e. The van der Waals surface area contributed by atoms with E-state index in [-0.39, 0.29) is 44.1 Å². The summed E-state index contributed by atoms with van der Waals surface area (Å²) in [5.74, 6) is -0.810. The van der Waals surface area contributed by atoms with Crippen LogP contribution >= 0.6 is 0 Å². The lowest BCUT2D eigenvalue weighted by Crippen LogP contribution is -2.52. The Morgan fingerprint density at radius 2 is 2.00 bits per heavy atom. The SMILES string of the molecule is Cc1ncoc1C(=O)N1CCC(F)(C(=O)NCc2ccncc2)CC1. The van der Waals surface area contributed by atoms with Gasteiger partial charge in [0.05, 0.1) is 5.69 Å². The van der Waals surface area contributed by atoms with Gasteiger partial charge >= 0.3 is 0 Å². The van der Waals surface area contributed by atoms with E-state index in [0.717, 1.165) is 5.56 Å². The molecular formula is C17H19FN4O3. The lowest BCUT2D eigenvalue weighted by molar-refractivity contribution is -0.135. The number of amides is 2. The quantitative estimate of drug-likeness (QED) is 0.909. The van der Waals surface area contributed by atoms with E-state index in [9.17, 15) is 14.0 Å². The van der Waals surface area contributed by atoms with Gasteiger partial charge in [-0.05, 0) is 24.6 Å². The molecule has 0 atom stereocenters. The summed E-state index contributed by atoms with van der Waals surface area (Å²) in [6.45, 7) is 2.22. The lowest BCUT2D eigenvalue weighted by atomic mass is 9.92. The number of hydrogen-bond acceptors (Lipinski definition) is 5. The van der Waals surface area contributed by atoms with Crippen molar-refractivity contribution < 1.29 is 18.4 Å². The van der Waals surface area contributed by atoms with Gasteiger partial charge in [0.1, 0.15) is 0 Å². The first kappa shape index (κ1) is 17.1. The van der Waals surface area contributed by atoms with E-state index in [1.807, 2.05) is 0 Å². The Morgan fingerprint density at radius 1 is 1.32 bits per heavy atom.